The molecule has 5 heteroatoms. The van der Waals surface area contributed by atoms with E-state index >= 15 is 0 Å². The van der Waals surface area contributed by atoms with E-state index < -0.39 is 0 Å². The van der Waals surface area contributed by atoms with Gasteiger partial charge in [-0.1, -0.05) is 25.1 Å². The van der Waals surface area contributed by atoms with Crippen molar-refractivity contribution in [2.24, 2.45) is 0 Å². The number of nitrogens with zero attached hydrogens (tertiary/aromatic N) is 2. The van der Waals surface area contributed by atoms with Gasteiger partial charge < -0.3 is 10.3 Å². The lowest BCUT2D eigenvalue weighted by Gasteiger charge is -2.17. The number of benzene rings is 1. The Hall–Kier alpha value is -2.69. The summed E-state index contributed by atoms with van der Waals surface area (Å²) in [5, 5.41) is 4.36. The Labute approximate surface area is 122 Å². The van der Waals surface area contributed by atoms with Crippen LogP contribution in [0.2, 0.25) is 0 Å². The van der Waals surface area contributed by atoms with E-state index in [2.05, 4.69) is 27.2 Å². The highest BCUT2D eigenvalue weighted by Crippen LogP contribution is 2.24. The van der Waals surface area contributed by atoms with Gasteiger partial charge >= 0.3 is 0 Å². The molecule has 1 atom stereocenters. The molecule has 0 radical (unpaired) electrons. The van der Waals surface area contributed by atoms with Crippen LogP contribution in [-0.2, 0) is 0 Å². The van der Waals surface area contributed by atoms with Crippen LogP contribution in [0.4, 0.5) is 5.69 Å². The molecule has 1 unspecified atom stereocenters. The molecular formula is C16H16N4O. The number of rotatable bonds is 4. The van der Waals surface area contributed by atoms with Crippen LogP contribution >= 0.6 is 0 Å². The van der Waals surface area contributed by atoms with Gasteiger partial charge in [0, 0.05) is 29.5 Å². The fourth-order valence-corrected chi connectivity index (χ4v) is 2.35. The second kappa shape index (κ2) is 5.75. The molecule has 0 amide bonds. The molecule has 106 valence electrons. The first-order chi connectivity index (χ1) is 10.3. The molecule has 0 aliphatic heterocycles. The molecule has 0 fully saturated rings. The topological polar surface area (TPSA) is 70.7 Å². The molecule has 0 spiro atoms. The number of pyridine rings is 1. The fourth-order valence-electron chi connectivity index (χ4n) is 2.35. The van der Waals surface area contributed by atoms with Crippen LogP contribution in [-0.4, -0.2) is 15.0 Å². The summed E-state index contributed by atoms with van der Waals surface area (Å²) >= 11 is 0. The van der Waals surface area contributed by atoms with E-state index in [1.54, 1.807) is 24.5 Å². The van der Waals surface area contributed by atoms with Gasteiger partial charge in [0.1, 0.15) is 5.82 Å². The van der Waals surface area contributed by atoms with Gasteiger partial charge in [-0.2, -0.15) is 0 Å². The summed E-state index contributed by atoms with van der Waals surface area (Å²) in [4.78, 5) is 23.2. The van der Waals surface area contributed by atoms with E-state index in [1.807, 2.05) is 24.3 Å². The lowest BCUT2D eigenvalue weighted by molar-refractivity contribution is 0.693. The predicted molar refractivity (Wildman–Crippen MR) is 83.3 cm³/mol. The van der Waals surface area contributed by atoms with Crippen molar-refractivity contribution in [3.63, 3.8) is 0 Å². The number of aromatic nitrogens is 3. The minimum Gasteiger partial charge on any atom is -0.374 e. The minimum absolute atomic E-state index is 0.0311. The average Bonchev–Trinajstić information content (AvgIpc) is 2.53. The van der Waals surface area contributed by atoms with Gasteiger partial charge in [0.25, 0.3) is 0 Å². The number of nitrogens with one attached hydrogen (secondary N) is 2. The first-order valence-electron chi connectivity index (χ1n) is 6.93. The van der Waals surface area contributed by atoms with Crippen molar-refractivity contribution in [2.45, 2.75) is 19.4 Å². The van der Waals surface area contributed by atoms with E-state index in [0.29, 0.717) is 0 Å². The van der Waals surface area contributed by atoms with Crippen LogP contribution < -0.4 is 10.9 Å². The van der Waals surface area contributed by atoms with E-state index in [-0.39, 0.29) is 11.6 Å². The number of fused-ring (bicyclic) bond motifs is 1. The van der Waals surface area contributed by atoms with Crippen molar-refractivity contribution in [2.75, 3.05) is 5.32 Å². The van der Waals surface area contributed by atoms with E-state index in [0.717, 1.165) is 28.8 Å². The van der Waals surface area contributed by atoms with Gasteiger partial charge in [0.05, 0.1) is 11.6 Å². The van der Waals surface area contributed by atoms with Gasteiger partial charge in [0.15, 0.2) is 0 Å². The Kier molecular flexibility index (Phi) is 3.64. The molecule has 2 N–H and O–H groups in total. The summed E-state index contributed by atoms with van der Waals surface area (Å²) in [6, 6.07) is 11.1. The molecule has 0 saturated heterocycles. The largest absolute Gasteiger partial charge is 0.374 e. The summed E-state index contributed by atoms with van der Waals surface area (Å²) < 4.78 is 0. The van der Waals surface area contributed by atoms with Gasteiger partial charge in [-0.15, -0.1) is 0 Å². The molecule has 2 aromatic heterocycles. The number of H-pyrrole nitrogens is 1. The monoisotopic (exact) mass is 280 g/mol. The zero-order valence-corrected chi connectivity index (χ0v) is 11.7. The normalized spacial score (nSPS) is 12.2. The number of hydrogen-bond acceptors (Lipinski definition) is 4. The molecule has 0 bridgehead atoms. The molecule has 5 nitrogen and oxygen atoms in total. The van der Waals surface area contributed by atoms with Crippen LogP contribution in [0.1, 0.15) is 25.2 Å². The maximum Gasteiger partial charge on any atom is 0.250 e. The Morgan fingerprint density at radius 1 is 1.19 bits per heavy atom. The Morgan fingerprint density at radius 3 is 2.71 bits per heavy atom. The first kappa shape index (κ1) is 13.3. The molecule has 0 aliphatic rings. The third-order valence-corrected chi connectivity index (χ3v) is 3.39. The standard InChI is InChI=1S/C16H16N4O/c1-2-12(16-17-8-5-9-18-16)19-14-10-15(21)20-13-7-4-3-6-11(13)14/h3-10,12H,2H2,1H3,(H2,19,20,21). The fraction of sp³-hybridized carbons (Fsp3) is 0.188. The Balaban J connectivity index is 2.02. The second-order valence-electron chi connectivity index (χ2n) is 4.81. The van der Waals surface area contributed by atoms with Gasteiger partial charge in [0.2, 0.25) is 5.56 Å². The molecule has 2 heterocycles. The Morgan fingerprint density at radius 2 is 1.95 bits per heavy atom. The van der Waals surface area contributed by atoms with Gasteiger partial charge in [-0.25, -0.2) is 9.97 Å². The summed E-state index contributed by atoms with van der Waals surface area (Å²) in [5.41, 5.74) is 1.49. The molecule has 21 heavy (non-hydrogen) atoms. The number of para-hydroxylation sites is 1. The van der Waals surface area contributed by atoms with Crippen LogP contribution in [0, 0.1) is 0 Å². The van der Waals surface area contributed by atoms with Crippen LogP contribution in [0.3, 0.4) is 0 Å². The van der Waals surface area contributed by atoms with Crippen molar-refractivity contribution in [1.29, 1.82) is 0 Å². The quantitative estimate of drug-likeness (QED) is 0.771. The van der Waals surface area contributed by atoms with Crippen molar-refractivity contribution < 1.29 is 0 Å². The zero-order valence-electron chi connectivity index (χ0n) is 11.7. The average molecular weight is 280 g/mol. The molecule has 3 aromatic rings. The summed E-state index contributed by atoms with van der Waals surface area (Å²) in [6.07, 6.45) is 4.27. The van der Waals surface area contributed by atoms with E-state index in [4.69, 9.17) is 0 Å². The molecule has 1 aromatic carbocycles. The summed E-state index contributed by atoms with van der Waals surface area (Å²) in [7, 11) is 0. The third kappa shape index (κ3) is 2.76. The van der Waals surface area contributed by atoms with Crippen molar-refractivity contribution in [1.82, 2.24) is 15.0 Å². The smallest absolute Gasteiger partial charge is 0.250 e. The third-order valence-electron chi connectivity index (χ3n) is 3.39. The SMILES string of the molecule is CCC(Nc1cc(=O)[nH]c2ccccc12)c1ncccn1. The first-order valence-corrected chi connectivity index (χ1v) is 6.93. The highest BCUT2D eigenvalue weighted by Gasteiger charge is 2.13. The molecule has 0 saturated carbocycles. The lowest BCUT2D eigenvalue weighted by atomic mass is 10.1. The van der Waals surface area contributed by atoms with Crippen LogP contribution in [0.5, 0.6) is 0 Å². The lowest BCUT2D eigenvalue weighted by Crippen LogP contribution is -2.15. The number of anilines is 1. The van der Waals surface area contributed by atoms with E-state index in [1.165, 1.54) is 0 Å². The minimum atomic E-state index is -0.125. The van der Waals surface area contributed by atoms with E-state index in [9.17, 15) is 4.79 Å². The van der Waals surface area contributed by atoms with Crippen molar-refractivity contribution in [3.05, 3.63) is 65.0 Å². The molecule has 3 rings (SSSR count). The number of aromatic amines is 1. The molecular weight excluding hydrogens is 264 g/mol. The number of hydrogen-bond donors (Lipinski definition) is 2. The summed E-state index contributed by atoms with van der Waals surface area (Å²) in [5.74, 6) is 0.726. The summed E-state index contributed by atoms with van der Waals surface area (Å²) in [6.45, 7) is 2.06. The highest BCUT2D eigenvalue weighted by atomic mass is 16.1. The predicted octanol–water partition coefficient (Wildman–Crippen LogP) is 2.88. The highest BCUT2D eigenvalue weighted by molar-refractivity contribution is 5.90. The zero-order chi connectivity index (χ0) is 14.7. The maximum absolute atomic E-state index is 11.8. The molecule has 0 aliphatic carbocycles. The van der Waals surface area contributed by atoms with Gasteiger partial charge in [-0.05, 0) is 18.6 Å². The van der Waals surface area contributed by atoms with Crippen molar-refractivity contribution >= 4 is 16.6 Å². The maximum atomic E-state index is 11.8. The second-order valence-corrected chi connectivity index (χ2v) is 4.81. The van der Waals surface area contributed by atoms with Crippen LogP contribution in [0.25, 0.3) is 10.9 Å². The van der Waals surface area contributed by atoms with Crippen molar-refractivity contribution in [3.8, 4) is 0 Å². The van der Waals surface area contributed by atoms with Crippen LogP contribution in [0.15, 0.2) is 53.6 Å². The van der Waals surface area contributed by atoms with Gasteiger partial charge in [-0.3, -0.25) is 4.79 Å². The Bertz CT molecular complexity index is 798.